The van der Waals surface area contributed by atoms with Crippen LogP contribution in [-0.2, 0) is 0 Å². The number of hydrogen-bond acceptors (Lipinski definition) is 4. The van der Waals surface area contributed by atoms with Crippen LogP contribution in [-0.4, -0.2) is 29.9 Å². The highest BCUT2D eigenvalue weighted by Gasteiger charge is 2.16. The lowest BCUT2D eigenvalue weighted by atomic mass is 9.98. The van der Waals surface area contributed by atoms with Crippen LogP contribution in [0.15, 0.2) is 6.07 Å². The minimum Gasteiger partial charge on any atom is -0.350 e. The smallest absolute Gasteiger partial charge is 0.271 e. The lowest BCUT2D eigenvalue weighted by Crippen LogP contribution is -2.36. The van der Waals surface area contributed by atoms with Crippen LogP contribution in [0.2, 0.25) is 0 Å². The van der Waals surface area contributed by atoms with Gasteiger partial charge in [0.2, 0.25) is 0 Å². The largest absolute Gasteiger partial charge is 0.350 e. The first-order valence-electron chi connectivity index (χ1n) is 6.62. The van der Waals surface area contributed by atoms with E-state index in [0.717, 1.165) is 32.5 Å². The third-order valence-electron chi connectivity index (χ3n) is 3.34. The lowest BCUT2D eigenvalue weighted by molar-refractivity contribution is 0.0940. The highest BCUT2D eigenvalue weighted by molar-refractivity contribution is 7.06. The first-order valence-corrected chi connectivity index (χ1v) is 7.39. The molecule has 1 aliphatic rings. The Labute approximate surface area is 112 Å². The number of piperidine rings is 1. The van der Waals surface area contributed by atoms with Crippen molar-refractivity contribution in [2.24, 2.45) is 5.92 Å². The summed E-state index contributed by atoms with van der Waals surface area (Å²) in [6.45, 7) is 7.13. The van der Waals surface area contributed by atoms with Crippen LogP contribution in [0.3, 0.4) is 0 Å². The molecule has 100 valence electrons. The second-order valence-electron chi connectivity index (χ2n) is 5.17. The predicted molar refractivity (Wildman–Crippen MR) is 74.1 cm³/mol. The third-order valence-corrected chi connectivity index (χ3v) is 4.43. The molecule has 4 nitrogen and oxygen atoms in total. The fourth-order valence-electron chi connectivity index (χ4n) is 2.08. The summed E-state index contributed by atoms with van der Waals surface area (Å²) in [6.07, 6.45) is 2.29. The van der Waals surface area contributed by atoms with Crippen molar-refractivity contribution >= 4 is 17.4 Å². The van der Waals surface area contributed by atoms with Crippen molar-refractivity contribution < 1.29 is 4.79 Å². The maximum Gasteiger partial charge on any atom is 0.271 e. The van der Waals surface area contributed by atoms with Gasteiger partial charge in [-0.15, -0.1) is 0 Å². The van der Waals surface area contributed by atoms with Gasteiger partial charge in [-0.2, -0.15) is 4.37 Å². The minimum atomic E-state index is -0.0308. The molecule has 0 saturated carbocycles. The summed E-state index contributed by atoms with van der Waals surface area (Å²) in [6, 6.07) is 1.91. The second-order valence-corrected chi connectivity index (χ2v) is 6.01. The Hall–Kier alpha value is -0.940. The van der Waals surface area contributed by atoms with Gasteiger partial charge in [0.15, 0.2) is 0 Å². The van der Waals surface area contributed by atoms with Gasteiger partial charge in [0.1, 0.15) is 5.69 Å². The van der Waals surface area contributed by atoms with Gasteiger partial charge in [-0.3, -0.25) is 4.79 Å². The number of hydrogen-bond donors (Lipinski definition) is 2. The standard InChI is InChI=1S/C13H21N3OS/c1-9(2)12-7-11(16-18-12)13(17)15-8-10-3-5-14-6-4-10/h7,9-10,14H,3-6,8H2,1-2H3,(H,15,17). The number of nitrogens with one attached hydrogen (secondary N) is 2. The van der Waals surface area contributed by atoms with Crippen LogP contribution in [0.25, 0.3) is 0 Å². The SMILES string of the molecule is CC(C)c1cc(C(=O)NCC2CCNCC2)ns1. The van der Waals surface area contributed by atoms with Gasteiger partial charge >= 0.3 is 0 Å². The van der Waals surface area contributed by atoms with Gasteiger partial charge in [0.05, 0.1) is 0 Å². The van der Waals surface area contributed by atoms with E-state index < -0.39 is 0 Å². The van der Waals surface area contributed by atoms with E-state index in [4.69, 9.17) is 0 Å². The highest BCUT2D eigenvalue weighted by atomic mass is 32.1. The summed E-state index contributed by atoms with van der Waals surface area (Å²) in [4.78, 5) is 13.1. The summed E-state index contributed by atoms with van der Waals surface area (Å²) < 4.78 is 4.22. The molecule has 18 heavy (non-hydrogen) atoms. The first-order chi connectivity index (χ1) is 8.66. The Morgan fingerprint density at radius 2 is 2.28 bits per heavy atom. The minimum absolute atomic E-state index is 0.0308. The lowest BCUT2D eigenvalue weighted by Gasteiger charge is -2.22. The van der Waals surface area contributed by atoms with Crippen LogP contribution in [0.5, 0.6) is 0 Å². The third kappa shape index (κ3) is 3.53. The second kappa shape index (κ2) is 6.29. The monoisotopic (exact) mass is 267 g/mol. The molecular formula is C13H21N3OS. The highest BCUT2D eigenvalue weighted by Crippen LogP contribution is 2.20. The predicted octanol–water partition coefficient (Wildman–Crippen LogP) is 2.00. The summed E-state index contributed by atoms with van der Waals surface area (Å²) in [5.74, 6) is 1.02. The van der Waals surface area contributed by atoms with E-state index in [-0.39, 0.29) is 5.91 Å². The molecule has 2 N–H and O–H groups in total. The molecule has 0 aromatic carbocycles. The van der Waals surface area contributed by atoms with Gasteiger partial charge in [-0.1, -0.05) is 13.8 Å². The molecule has 1 saturated heterocycles. The number of carbonyl (C=O) groups is 1. The molecule has 1 amide bonds. The Morgan fingerprint density at radius 3 is 2.89 bits per heavy atom. The van der Waals surface area contributed by atoms with E-state index in [1.165, 1.54) is 16.4 Å². The van der Waals surface area contributed by atoms with E-state index in [9.17, 15) is 4.79 Å². The number of rotatable bonds is 4. The normalized spacial score (nSPS) is 17.1. The molecule has 0 atom stereocenters. The fourth-order valence-corrected chi connectivity index (χ4v) is 2.80. The van der Waals surface area contributed by atoms with Crippen molar-refractivity contribution in [2.45, 2.75) is 32.6 Å². The van der Waals surface area contributed by atoms with Gasteiger partial charge in [-0.25, -0.2) is 0 Å². The number of carbonyl (C=O) groups excluding carboxylic acids is 1. The first kappa shape index (κ1) is 13.5. The maximum absolute atomic E-state index is 11.9. The Bertz CT molecular complexity index is 397. The fraction of sp³-hybridized carbons (Fsp3) is 0.692. The van der Waals surface area contributed by atoms with Gasteiger partial charge in [-0.05, 0) is 55.4 Å². The van der Waals surface area contributed by atoms with Crippen molar-refractivity contribution in [1.82, 2.24) is 15.0 Å². The van der Waals surface area contributed by atoms with Crippen LogP contribution < -0.4 is 10.6 Å². The number of aromatic nitrogens is 1. The summed E-state index contributed by atoms with van der Waals surface area (Å²) in [5.41, 5.74) is 0.567. The zero-order valence-corrected chi connectivity index (χ0v) is 11.8. The van der Waals surface area contributed by atoms with Crippen molar-refractivity contribution in [3.63, 3.8) is 0 Å². The molecule has 0 aliphatic carbocycles. The van der Waals surface area contributed by atoms with E-state index in [2.05, 4.69) is 28.9 Å². The molecule has 0 radical (unpaired) electrons. The van der Waals surface area contributed by atoms with Gasteiger partial charge in [0, 0.05) is 11.4 Å². The van der Waals surface area contributed by atoms with Gasteiger partial charge < -0.3 is 10.6 Å². The van der Waals surface area contributed by atoms with Crippen molar-refractivity contribution in [1.29, 1.82) is 0 Å². The van der Waals surface area contributed by atoms with E-state index in [0.29, 0.717) is 17.5 Å². The topological polar surface area (TPSA) is 54.0 Å². The maximum atomic E-state index is 11.9. The number of amides is 1. The van der Waals surface area contributed by atoms with Crippen molar-refractivity contribution in [3.05, 3.63) is 16.6 Å². The summed E-state index contributed by atoms with van der Waals surface area (Å²) in [5, 5.41) is 6.32. The molecule has 5 heteroatoms. The van der Waals surface area contributed by atoms with Crippen molar-refractivity contribution in [2.75, 3.05) is 19.6 Å². The molecule has 2 rings (SSSR count). The quantitative estimate of drug-likeness (QED) is 0.877. The molecule has 0 unspecified atom stereocenters. The Kier molecular flexibility index (Phi) is 4.72. The van der Waals surface area contributed by atoms with E-state index in [1.54, 1.807) is 0 Å². The van der Waals surface area contributed by atoms with Crippen molar-refractivity contribution in [3.8, 4) is 0 Å². The molecule has 2 heterocycles. The molecule has 1 aromatic heterocycles. The Morgan fingerprint density at radius 1 is 1.56 bits per heavy atom. The molecule has 1 aliphatic heterocycles. The van der Waals surface area contributed by atoms with Crippen LogP contribution >= 0.6 is 11.5 Å². The summed E-state index contributed by atoms with van der Waals surface area (Å²) >= 11 is 1.43. The zero-order valence-electron chi connectivity index (χ0n) is 11.0. The molecule has 1 aromatic rings. The molecular weight excluding hydrogens is 246 g/mol. The Balaban J connectivity index is 1.83. The van der Waals surface area contributed by atoms with E-state index >= 15 is 0 Å². The average Bonchev–Trinajstić information content (AvgIpc) is 2.87. The average molecular weight is 267 g/mol. The van der Waals surface area contributed by atoms with Gasteiger partial charge in [0.25, 0.3) is 5.91 Å². The van der Waals surface area contributed by atoms with Crippen LogP contribution in [0, 0.1) is 5.92 Å². The number of nitrogens with zero attached hydrogens (tertiary/aromatic N) is 1. The molecule has 1 fully saturated rings. The van der Waals surface area contributed by atoms with Crippen LogP contribution in [0.1, 0.15) is 48.0 Å². The zero-order chi connectivity index (χ0) is 13.0. The summed E-state index contributed by atoms with van der Waals surface area (Å²) in [7, 11) is 0. The van der Waals surface area contributed by atoms with Crippen LogP contribution in [0.4, 0.5) is 0 Å². The van der Waals surface area contributed by atoms with E-state index in [1.807, 2.05) is 6.07 Å². The molecule has 0 bridgehead atoms. The molecule has 0 spiro atoms.